The van der Waals surface area contributed by atoms with E-state index in [0.717, 1.165) is 35.2 Å². The average molecular weight is 435 g/mol. The van der Waals surface area contributed by atoms with Crippen LogP contribution in [0.4, 0.5) is 5.69 Å². The number of hydrogen-bond donors (Lipinski definition) is 2. The first-order valence-corrected chi connectivity index (χ1v) is 10.4. The number of amides is 2. The van der Waals surface area contributed by atoms with Gasteiger partial charge in [-0.3, -0.25) is 23.9 Å². The number of nitrogens with one attached hydrogen (secondary N) is 2. The van der Waals surface area contributed by atoms with Gasteiger partial charge in [-0.05, 0) is 50.8 Å². The predicted molar refractivity (Wildman–Crippen MR) is 121 cm³/mol. The normalized spacial score (nSPS) is 13.2. The van der Waals surface area contributed by atoms with Gasteiger partial charge < -0.3 is 10.2 Å². The van der Waals surface area contributed by atoms with Crippen molar-refractivity contribution < 1.29 is 9.59 Å². The van der Waals surface area contributed by atoms with Crippen LogP contribution in [-0.4, -0.2) is 44.8 Å². The number of nitrogens with zero attached hydrogens (tertiary/aromatic N) is 3. The van der Waals surface area contributed by atoms with E-state index in [4.69, 9.17) is 0 Å². The number of H-pyrrole nitrogens is 1. The summed E-state index contributed by atoms with van der Waals surface area (Å²) in [5, 5.41) is 3.05. The maximum Gasteiger partial charge on any atom is 0.330 e. The number of carbonyl (C=O) groups excluding carboxylic acids is 2. The van der Waals surface area contributed by atoms with Crippen molar-refractivity contribution in [1.29, 1.82) is 0 Å². The summed E-state index contributed by atoms with van der Waals surface area (Å²) in [5.41, 5.74) is 3.09. The van der Waals surface area contributed by atoms with Crippen molar-refractivity contribution in [2.45, 2.75) is 39.7 Å². The Hall–Kier alpha value is -3.75. The highest BCUT2D eigenvalue weighted by Crippen LogP contribution is 2.34. The van der Waals surface area contributed by atoms with Crippen molar-refractivity contribution in [2.24, 2.45) is 0 Å². The first-order chi connectivity index (χ1) is 15.2. The number of fused-ring (bicyclic) bond motifs is 1. The van der Waals surface area contributed by atoms with Crippen molar-refractivity contribution in [1.82, 2.24) is 19.4 Å². The fraction of sp³-hybridized carbons (Fsp3) is 0.348. The second kappa shape index (κ2) is 8.07. The van der Waals surface area contributed by atoms with Crippen LogP contribution in [0.15, 0.2) is 34.0 Å². The fourth-order valence-corrected chi connectivity index (χ4v) is 3.99. The minimum Gasteiger partial charge on any atom is -0.332 e. The molecule has 0 radical (unpaired) electrons. The number of hydrogen-bond acceptors (Lipinski definition) is 5. The highest BCUT2D eigenvalue weighted by molar-refractivity contribution is 6.01. The molecule has 2 aromatic heterocycles. The molecule has 0 bridgehead atoms. The standard InChI is InChI=1S/C23H25N5O4/c1-12-7-13(2)19(14(3)8-12)25-18(29)11-27(4)22(31)15-9-17-20(24-10-15)28(16-5-6-16)23(32)26-21(17)30/h7-10,16H,5-6,11H2,1-4H3,(H,25,29)(H,26,30,32). The first-order valence-electron chi connectivity index (χ1n) is 10.4. The zero-order chi connectivity index (χ0) is 23.2. The number of aromatic nitrogens is 3. The SMILES string of the molecule is Cc1cc(C)c(NC(=O)CN(C)C(=O)c2cnc3c(c2)c(=O)[nH]c(=O)n3C2CC2)c(C)c1. The number of benzene rings is 1. The monoisotopic (exact) mass is 435 g/mol. The second-order valence-corrected chi connectivity index (χ2v) is 8.44. The molecule has 4 rings (SSSR count). The Labute approximate surface area is 184 Å². The van der Waals surface area contributed by atoms with Gasteiger partial charge in [0.05, 0.1) is 17.5 Å². The van der Waals surface area contributed by atoms with E-state index in [2.05, 4.69) is 15.3 Å². The molecule has 0 atom stereocenters. The summed E-state index contributed by atoms with van der Waals surface area (Å²) >= 11 is 0. The Balaban J connectivity index is 1.54. The van der Waals surface area contributed by atoms with E-state index in [1.165, 1.54) is 28.8 Å². The minimum absolute atomic E-state index is 0.0240. The summed E-state index contributed by atoms with van der Waals surface area (Å²) in [6.07, 6.45) is 3.04. The molecule has 0 aliphatic heterocycles. The number of likely N-dealkylation sites (N-methyl/N-ethyl adjacent to an activating group) is 1. The first kappa shape index (κ1) is 21.5. The van der Waals surface area contributed by atoms with E-state index in [9.17, 15) is 19.2 Å². The van der Waals surface area contributed by atoms with Gasteiger partial charge in [-0.1, -0.05) is 17.7 Å². The molecule has 2 N–H and O–H groups in total. The largest absolute Gasteiger partial charge is 0.332 e. The lowest BCUT2D eigenvalue weighted by atomic mass is 10.1. The van der Waals surface area contributed by atoms with Crippen molar-refractivity contribution in [3.8, 4) is 0 Å². The molecule has 2 amide bonds. The number of carbonyl (C=O) groups is 2. The lowest BCUT2D eigenvalue weighted by Gasteiger charge is -2.19. The lowest BCUT2D eigenvalue weighted by molar-refractivity contribution is -0.116. The van der Waals surface area contributed by atoms with Gasteiger partial charge in [0, 0.05) is 25.0 Å². The Morgan fingerprint density at radius 1 is 1.16 bits per heavy atom. The number of aromatic amines is 1. The van der Waals surface area contributed by atoms with Gasteiger partial charge in [-0.15, -0.1) is 0 Å². The van der Waals surface area contributed by atoms with Crippen LogP contribution in [0, 0.1) is 20.8 Å². The van der Waals surface area contributed by atoms with E-state index in [0.29, 0.717) is 0 Å². The van der Waals surface area contributed by atoms with E-state index >= 15 is 0 Å². The molecular formula is C23H25N5O4. The molecule has 32 heavy (non-hydrogen) atoms. The van der Waals surface area contributed by atoms with Gasteiger partial charge in [0.25, 0.3) is 11.5 Å². The Morgan fingerprint density at radius 3 is 2.44 bits per heavy atom. The Morgan fingerprint density at radius 2 is 1.81 bits per heavy atom. The highest BCUT2D eigenvalue weighted by Gasteiger charge is 2.28. The maximum absolute atomic E-state index is 12.9. The number of rotatable bonds is 5. The van der Waals surface area contributed by atoms with Crippen LogP contribution in [0.3, 0.4) is 0 Å². The van der Waals surface area contributed by atoms with Gasteiger partial charge in [-0.25, -0.2) is 9.78 Å². The summed E-state index contributed by atoms with van der Waals surface area (Å²) in [6.45, 7) is 5.67. The van der Waals surface area contributed by atoms with Crippen molar-refractivity contribution in [3.63, 3.8) is 0 Å². The van der Waals surface area contributed by atoms with Crippen LogP contribution in [0.2, 0.25) is 0 Å². The number of pyridine rings is 1. The molecule has 9 heteroatoms. The third kappa shape index (κ3) is 4.05. The molecule has 0 spiro atoms. The van der Waals surface area contributed by atoms with E-state index < -0.39 is 17.2 Å². The van der Waals surface area contributed by atoms with Crippen LogP contribution >= 0.6 is 0 Å². The Bertz CT molecular complexity index is 1340. The molecule has 1 aliphatic carbocycles. The summed E-state index contributed by atoms with van der Waals surface area (Å²) in [5.74, 6) is -0.777. The topological polar surface area (TPSA) is 117 Å². The van der Waals surface area contributed by atoms with Crippen LogP contribution in [0.1, 0.15) is 45.9 Å². The Kier molecular flexibility index (Phi) is 5.41. The summed E-state index contributed by atoms with van der Waals surface area (Å²) < 4.78 is 1.47. The highest BCUT2D eigenvalue weighted by atomic mass is 16.2. The quantitative estimate of drug-likeness (QED) is 0.636. The molecule has 9 nitrogen and oxygen atoms in total. The summed E-state index contributed by atoms with van der Waals surface area (Å²) in [4.78, 5) is 57.7. The maximum atomic E-state index is 12.9. The van der Waals surface area contributed by atoms with Crippen molar-refractivity contribution in [2.75, 3.05) is 18.9 Å². The van der Waals surface area contributed by atoms with Crippen LogP contribution in [-0.2, 0) is 4.79 Å². The second-order valence-electron chi connectivity index (χ2n) is 8.44. The molecule has 1 aliphatic rings. The predicted octanol–water partition coefficient (Wildman–Crippen LogP) is 2.06. The van der Waals surface area contributed by atoms with Gasteiger partial charge in [0.1, 0.15) is 5.65 Å². The smallest absolute Gasteiger partial charge is 0.330 e. The number of aryl methyl sites for hydroxylation is 3. The molecule has 1 aromatic carbocycles. The lowest BCUT2D eigenvalue weighted by Crippen LogP contribution is -2.35. The summed E-state index contributed by atoms with van der Waals surface area (Å²) in [7, 11) is 1.51. The van der Waals surface area contributed by atoms with Gasteiger partial charge in [0.2, 0.25) is 5.91 Å². The van der Waals surface area contributed by atoms with Crippen molar-refractivity contribution >= 4 is 28.5 Å². The van der Waals surface area contributed by atoms with Gasteiger partial charge >= 0.3 is 5.69 Å². The van der Waals surface area contributed by atoms with Crippen LogP contribution in [0.25, 0.3) is 11.0 Å². The summed E-state index contributed by atoms with van der Waals surface area (Å²) in [6, 6.07) is 5.41. The van der Waals surface area contributed by atoms with Crippen molar-refractivity contribution in [3.05, 3.63) is 67.5 Å². The average Bonchev–Trinajstić information content (AvgIpc) is 3.55. The van der Waals surface area contributed by atoms with Crippen LogP contribution < -0.4 is 16.6 Å². The molecule has 166 valence electrons. The third-order valence-corrected chi connectivity index (χ3v) is 5.61. The zero-order valence-corrected chi connectivity index (χ0v) is 18.5. The van der Waals surface area contributed by atoms with E-state index in [-0.39, 0.29) is 35.1 Å². The molecular weight excluding hydrogens is 410 g/mol. The fourth-order valence-electron chi connectivity index (χ4n) is 3.99. The molecule has 1 saturated carbocycles. The minimum atomic E-state index is -0.588. The van der Waals surface area contributed by atoms with E-state index in [1.54, 1.807) is 0 Å². The van der Waals surface area contributed by atoms with E-state index in [1.807, 2.05) is 32.9 Å². The van der Waals surface area contributed by atoms with Crippen LogP contribution in [0.5, 0.6) is 0 Å². The van der Waals surface area contributed by atoms with Gasteiger partial charge in [-0.2, -0.15) is 0 Å². The molecule has 1 fully saturated rings. The molecule has 2 heterocycles. The zero-order valence-electron chi connectivity index (χ0n) is 18.5. The number of anilines is 1. The molecule has 3 aromatic rings. The third-order valence-electron chi connectivity index (χ3n) is 5.61. The molecule has 0 saturated heterocycles. The van der Waals surface area contributed by atoms with Gasteiger partial charge in [0.15, 0.2) is 0 Å². The molecule has 0 unspecified atom stereocenters.